The molecule has 0 aliphatic carbocycles. The maximum absolute atomic E-state index is 5.20. The van der Waals surface area contributed by atoms with Crippen molar-refractivity contribution < 1.29 is 0 Å². The van der Waals surface area contributed by atoms with Gasteiger partial charge in [0.2, 0.25) is 0 Å². The number of rotatable bonds is 3. The Balaban J connectivity index is 3.29. The summed E-state index contributed by atoms with van der Waals surface area (Å²) in [6.45, 7) is 6.44. The van der Waals surface area contributed by atoms with E-state index >= 15 is 0 Å². The quantitative estimate of drug-likeness (QED) is 0.424. The largest absolute Gasteiger partial charge is 0.271 e. The number of nitrogens with two attached hydrogens (primary N) is 1. The highest BCUT2D eigenvalue weighted by Crippen LogP contribution is 2.04. The lowest BCUT2D eigenvalue weighted by atomic mass is 10.0. The van der Waals surface area contributed by atoms with E-state index in [1.807, 2.05) is 0 Å². The molecule has 0 saturated carbocycles. The van der Waals surface area contributed by atoms with Gasteiger partial charge in [-0.1, -0.05) is 20.3 Å². The minimum absolute atomic E-state index is 0.444. The van der Waals surface area contributed by atoms with Crippen LogP contribution in [-0.2, 0) is 0 Å². The summed E-state index contributed by atoms with van der Waals surface area (Å²) in [5.41, 5.74) is 2.72. The third kappa shape index (κ3) is 2.28. The molecule has 0 aliphatic rings. The number of nitrogens with one attached hydrogen (secondary N) is 1. The summed E-state index contributed by atoms with van der Waals surface area (Å²) in [5, 5.41) is 0. The molecule has 0 unspecified atom stereocenters. The minimum Gasteiger partial charge on any atom is -0.271 e. The number of hydrogen-bond donors (Lipinski definition) is 2. The van der Waals surface area contributed by atoms with Crippen molar-refractivity contribution >= 4 is 0 Å². The van der Waals surface area contributed by atoms with Crippen molar-refractivity contribution in [2.45, 2.75) is 33.2 Å². The second-order valence-electron chi connectivity index (χ2n) is 2.34. The fourth-order valence-corrected chi connectivity index (χ4v) is 0.518. The van der Waals surface area contributed by atoms with Gasteiger partial charge in [0.25, 0.3) is 0 Å². The van der Waals surface area contributed by atoms with E-state index in [0.29, 0.717) is 12.0 Å². The van der Waals surface area contributed by atoms with Gasteiger partial charge in [-0.15, -0.1) is 0 Å². The van der Waals surface area contributed by atoms with Gasteiger partial charge in [-0.3, -0.25) is 11.3 Å². The van der Waals surface area contributed by atoms with E-state index in [1.54, 1.807) is 0 Å². The molecule has 0 saturated heterocycles. The molecular weight excluding hydrogens is 100 g/mol. The molecule has 0 bridgehead atoms. The SMILES string of the molecule is CC[C@@H](C)[C@H](C)NN. The van der Waals surface area contributed by atoms with Crippen molar-refractivity contribution in [3.05, 3.63) is 0 Å². The van der Waals surface area contributed by atoms with E-state index in [0.717, 1.165) is 0 Å². The van der Waals surface area contributed by atoms with Gasteiger partial charge in [0.1, 0.15) is 0 Å². The molecule has 0 radical (unpaired) electrons. The van der Waals surface area contributed by atoms with Crippen LogP contribution >= 0.6 is 0 Å². The van der Waals surface area contributed by atoms with Gasteiger partial charge in [-0.2, -0.15) is 0 Å². The van der Waals surface area contributed by atoms with Crippen LogP contribution in [0.2, 0.25) is 0 Å². The molecule has 0 aromatic heterocycles. The summed E-state index contributed by atoms with van der Waals surface area (Å²) < 4.78 is 0. The van der Waals surface area contributed by atoms with Crippen molar-refractivity contribution in [1.82, 2.24) is 5.43 Å². The zero-order chi connectivity index (χ0) is 6.57. The summed E-state index contributed by atoms with van der Waals surface area (Å²) in [6, 6.07) is 0.444. The Morgan fingerprint density at radius 1 is 1.50 bits per heavy atom. The van der Waals surface area contributed by atoms with Crippen molar-refractivity contribution in [3.63, 3.8) is 0 Å². The van der Waals surface area contributed by atoms with Gasteiger partial charge >= 0.3 is 0 Å². The molecule has 0 aliphatic heterocycles. The lowest BCUT2D eigenvalue weighted by Gasteiger charge is -2.15. The van der Waals surface area contributed by atoms with E-state index < -0.39 is 0 Å². The Kier molecular flexibility index (Phi) is 3.83. The lowest BCUT2D eigenvalue weighted by molar-refractivity contribution is 0.398. The maximum Gasteiger partial charge on any atom is 0.0207 e. The standard InChI is InChI=1S/C6H16N2/c1-4-5(2)6(3)8-7/h5-6,8H,4,7H2,1-3H3/t5-,6+/m1/s1. The van der Waals surface area contributed by atoms with Crippen molar-refractivity contribution in [1.29, 1.82) is 0 Å². The summed E-state index contributed by atoms with van der Waals surface area (Å²) in [4.78, 5) is 0. The molecule has 0 fully saturated rings. The fourth-order valence-electron chi connectivity index (χ4n) is 0.518. The monoisotopic (exact) mass is 116 g/mol. The topological polar surface area (TPSA) is 38.0 Å². The molecule has 8 heavy (non-hydrogen) atoms. The zero-order valence-electron chi connectivity index (χ0n) is 5.94. The van der Waals surface area contributed by atoms with Crippen LogP contribution in [0.4, 0.5) is 0 Å². The van der Waals surface area contributed by atoms with Crippen molar-refractivity contribution in [2.24, 2.45) is 11.8 Å². The Morgan fingerprint density at radius 3 is 2.12 bits per heavy atom. The lowest BCUT2D eigenvalue weighted by Crippen LogP contribution is -2.37. The van der Waals surface area contributed by atoms with Crippen LogP contribution in [0.15, 0.2) is 0 Å². The first-order valence-electron chi connectivity index (χ1n) is 3.18. The molecule has 0 spiro atoms. The fraction of sp³-hybridized carbons (Fsp3) is 1.00. The van der Waals surface area contributed by atoms with Crippen LogP contribution in [0, 0.1) is 5.92 Å². The molecule has 0 aromatic rings. The van der Waals surface area contributed by atoms with Crippen LogP contribution in [0.25, 0.3) is 0 Å². The summed E-state index contributed by atoms with van der Waals surface area (Å²) >= 11 is 0. The molecule has 3 N–H and O–H groups in total. The summed E-state index contributed by atoms with van der Waals surface area (Å²) in [6.07, 6.45) is 1.19. The third-order valence-corrected chi connectivity index (χ3v) is 1.76. The Labute approximate surface area is 51.4 Å². The predicted molar refractivity (Wildman–Crippen MR) is 36.2 cm³/mol. The molecule has 0 rings (SSSR count). The van der Waals surface area contributed by atoms with E-state index in [-0.39, 0.29) is 0 Å². The van der Waals surface area contributed by atoms with Crippen LogP contribution in [0.5, 0.6) is 0 Å². The number of hydrogen-bond acceptors (Lipinski definition) is 2. The van der Waals surface area contributed by atoms with Crippen molar-refractivity contribution in [3.8, 4) is 0 Å². The molecule has 0 amide bonds. The third-order valence-electron chi connectivity index (χ3n) is 1.76. The molecule has 2 heteroatoms. The van der Waals surface area contributed by atoms with Gasteiger partial charge in [0, 0.05) is 6.04 Å². The van der Waals surface area contributed by atoms with Crippen LogP contribution < -0.4 is 11.3 Å². The summed E-state index contributed by atoms with van der Waals surface area (Å²) in [5.74, 6) is 5.88. The zero-order valence-corrected chi connectivity index (χ0v) is 5.94. The molecule has 2 nitrogen and oxygen atoms in total. The minimum atomic E-state index is 0.444. The van der Waals surface area contributed by atoms with E-state index in [4.69, 9.17) is 5.84 Å². The second-order valence-corrected chi connectivity index (χ2v) is 2.34. The van der Waals surface area contributed by atoms with Gasteiger partial charge < -0.3 is 0 Å². The van der Waals surface area contributed by atoms with E-state index in [2.05, 4.69) is 26.2 Å². The average molecular weight is 116 g/mol. The highest BCUT2D eigenvalue weighted by molar-refractivity contribution is 4.62. The van der Waals surface area contributed by atoms with Gasteiger partial charge in [-0.25, -0.2) is 0 Å². The summed E-state index contributed by atoms with van der Waals surface area (Å²) in [7, 11) is 0. The van der Waals surface area contributed by atoms with Crippen LogP contribution in [0.1, 0.15) is 27.2 Å². The van der Waals surface area contributed by atoms with Crippen molar-refractivity contribution in [2.75, 3.05) is 0 Å². The highest BCUT2D eigenvalue weighted by atomic mass is 15.2. The maximum atomic E-state index is 5.20. The molecule has 0 heterocycles. The molecular formula is C6H16N2. The van der Waals surface area contributed by atoms with Gasteiger partial charge in [0.15, 0.2) is 0 Å². The normalized spacial score (nSPS) is 18.0. The second kappa shape index (κ2) is 3.87. The van der Waals surface area contributed by atoms with E-state index in [9.17, 15) is 0 Å². The first-order chi connectivity index (χ1) is 3.72. The first kappa shape index (κ1) is 7.92. The van der Waals surface area contributed by atoms with Crippen LogP contribution in [-0.4, -0.2) is 6.04 Å². The van der Waals surface area contributed by atoms with Gasteiger partial charge in [-0.05, 0) is 12.8 Å². The molecule has 2 atom stereocenters. The first-order valence-corrected chi connectivity index (χ1v) is 3.18. The van der Waals surface area contributed by atoms with E-state index in [1.165, 1.54) is 6.42 Å². The van der Waals surface area contributed by atoms with Gasteiger partial charge in [0.05, 0.1) is 0 Å². The Bertz CT molecular complexity index is 46.5. The molecule has 0 aromatic carbocycles. The van der Waals surface area contributed by atoms with Crippen LogP contribution in [0.3, 0.4) is 0 Å². The highest BCUT2D eigenvalue weighted by Gasteiger charge is 2.05. The number of hydrazine groups is 1. The Morgan fingerprint density at radius 2 is 2.00 bits per heavy atom. The predicted octanol–water partition coefficient (Wildman–Crippen LogP) is 0.884. The smallest absolute Gasteiger partial charge is 0.0207 e. The molecule has 50 valence electrons. The Hall–Kier alpha value is -0.0800. The average Bonchev–Trinajstić information content (AvgIpc) is 1.84.